The average molecular weight is 265 g/mol. The second-order valence-corrected chi connectivity index (χ2v) is 6.14. The molecule has 0 amide bonds. The third-order valence-corrected chi connectivity index (χ3v) is 4.40. The van der Waals surface area contributed by atoms with E-state index in [0.29, 0.717) is 0 Å². The van der Waals surface area contributed by atoms with Gasteiger partial charge in [0.1, 0.15) is 4.88 Å². The third-order valence-electron chi connectivity index (χ3n) is 1.65. The van der Waals surface area contributed by atoms with Gasteiger partial charge in [0.15, 0.2) is 0 Å². The van der Waals surface area contributed by atoms with Crippen molar-refractivity contribution in [2.45, 2.75) is 10.9 Å². The predicted molar refractivity (Wildman–Crippen MR) is 57.3 cm³/mol. The zero-order valence-electron chi connectivity index (χ0n) is 9.01. The highest BCUT2D eigenvalue weighted by molar-refractivity contribution is 7.92. The molecule has 6 nitrogen and oxygen atoms in total. The number of thiazole rings is 1. The van der Waals surface area contributed by atoms with Gasteiger partial charge in [-0.2, -0.15) is 0 Å². The zero-order valence-corrected chi connectivity index (χ0v) is 10.6. The van der Waals surface area contributed by atoms with Crippen molar-refractivity contribution in [1.29, 1.82) is 0 Å². The fourth-order valence-electron chi connectivity index (χ4n) is 0.975. The van der Waals surface area contributed by atoms with Gasteiger partial charge in [0.05, 0.1) is 19.4 Å². The maximum atomic E-state index is 11.3. The molecule has 0 bridgehead atoms. The molecule has 0 saturated carbocycles. The Morgan fingerprint density at radius 3 is 2.50 bits per heavy atom. The van der Waals surface area contributed by atoms with Gasteiger partial charge in [0, 0.05) is 13.4 Å². The average Bonchev–Trinajstić information content (AvgIpc) is 2.61. The summed E-state index contributed by atoms with van der Waals surface area (Å²) in [7, 11) is -0.768. The first-order chi connectivity index (χ1) is 7.40. The van der Waals surface area contributed by atoms with Crippen LogP contribution < -0.4 is 0 Å². The number of ether oxygens (including phenoxy) is 2. The van der Waals surface area contributed by atoms with Crippen molar-refractivity contribution in [3.63, 3.8) is 0 Å². The highest BCUT2D eigenvalue weighted by Crippen LogP contribution is 2.23. The molecule has 16 heavy (non-hydrogen) atoms. The summed E-state index contributed by atoms with van der Waals surface area (Å²) in [6.07, 6.45) is 1.03. The fourth-order valence-corrected chi connectivity index (χ4v) is 2.83. The van der Waals surface area contributed by atoms with E-state index in [1.807, 2.05) is 0 Å². The van der Waals surface area contributed by atoms with Crippen LogP contribution in [-0.4, -0.2) is 39.8 Å². The minimum Gasteiger partial charge on any atom is -0.465 e. The maximum absolute atomic E-state index is 11.3. The van der Waals surface area contributed by atoms with Crippen LogP contribution in [-0.2, 0) is 25.9 Å². The van der Waals surface area contributed by atoms with E-state index in [1.54, 1.807) is 0 Å². The SMILES string of the molecule is COCc1nc(S(C)(=O)=O)sc1C(=O)OC. The Labute approximate surface area is 97.1 Å². The number of rotatable bonds is 4. The lowest BCUT2D eigenvalue weighted by molar-refractivity contribution is 0.0601. The first-order valence-electron chi connectivity index (χ1n) is 4.17. The molecule has 0 radical (unpaired) electrons. The van der Waals surface area contributed by atoms with Gasteiger partial charge in [-0.25, -0.2) is 18.2 Å². The molecule has 0 aliphatic carbocycles. The van der Waals surface area contributed by atoms with E-state index in [-0.39, 0.29) is 21.5 Å². The summed E-state index contributed by atoms with van der Waals surface area (Å²) in [5, 5.41) is 0. The van der Waals surface area contributed by atoms with Crippen molar-refractivity contribution in [3.8, 4) is 0 Å². The smallest absolute Gasteiger partial charge is 0.350 e. The summed E-state index contributed by atoms with van der Waals surface area (Å²) in [5.41, 5.74) is 0.278. The molecule has 0 aliphatic heterocycles. The van der Waals surface area contributed by atoms with Gasteiger partial charge >= 0.3 is 5.97 Å². The summed E-state index contributed by atoms with van der Waals surface area (Å²) in [6.45, 7) is 0.0659. The van der Waals surface area contributed by atoms with E-state index in [2.05, 4.69) is 9.72 Å². The molecule has 0 aromatic carbocycles. The Kier molecular flexibility index (Phi) is 4.00. The molecule has 1 heterocycles. The molecule has 0 fully saturated rings. The van der Waals surface area contributed by atoms with Gasteiger partial charge in [0.25, 0.3) is 0 Å². The highest BCUT2D eigenvalue weighted by atomic mass is 32.2. The van der Waals surface area contributed by atoms with Crippen LogP contribution in [0, 0.1) is 0 Å². The molecule has 90 valence electrons. The van der Waals surface area contributed by atoms with Crippen molar-refractivity contribution in [2.24, 2.45) is 0 Å². The quantitative estimate of drug-likeness (QED) is 0.736. The number of methoxy groups -OCH3 is 2. The second-order valence-electron chi connectivity index (χ2n) is 2.95. The number of carbonyl (C=O) groups excluding carboxylic acids is 1. The minimum absolute atomic E-state index is 0.0659. The van der Waals surface area contributed by atoms with E-state index in [4.69, 9.17) is 4.74 Å². The lowest BCUT2D eigenvalue weighted by Crippen LogP contribution is -2.03. The molecule has 8 heteroatoms. The van der Waals surface area contributed by atoms with Crippen molar-refractivity contribution < 1.29 is 22.7 Å². The van der Waals surface area contributed by atoms with Crippen LogP contribution in [0.2, 0.25) is 0 Å². The Hall–Kier alpha value is -0.990. The Morgan fingerprint density at radius 1 is 1.44 bits per heavy atom. The Balaban J connectivity index is 3.25. The molecular formula is C8H11NO5S2. The third kappa shape index (κ3) is 2.77. The Bertz CT molecular complexity index is 491. The number of sulfone groups is 1. The largest absolute Gasteiger partial charge is 0.465 e. The molecule has 0 saturated heterocycles. The minimum atomic E-state index is -3.42. The number of aromatic nitrogens is 1. The van der Waals surface area contributed by atoms with Crippen LogP contribution >= 0.6 is 11.3 Å². The van der Waals surface area contributed by atoms with Crippen LogP contribution in [0.15, 0.2) is 4.34 Å². The molecule has 0 spiro atoms. The van der Waals surface area contributed by atoms with Crippen LogP contribution in [0.4, 0.5) is 0 Å². The van der Waals surface area contributed by atoms with E-state index < -0.39 is 15.8 Å². The second kappa shape index (κ2) is 4.89. The predicted octanol–water partition coefficient (Wildman–Crippen LogP) is 0.480. The zero-order chi connectivity index (χ0) is 12.3. The van der Waals surface area contributed by atoms with Crippen LogP contribution in [0.1, 0.15) is 15.4 Å². The van der Waals surface area contributed by atoms with Crippen LogP contribution in [0.25, 0.3) is 0 Å². The summed E-state index contributed by atoms with van der Waals surface area (Å²) in [5.74, 6) is -0.612. The van der Waals surface area contributed by atoms with Crippen molar-refractivity contribution in [2.75, 3.05) is 20.5 Å². The number of carbonyl (C=O) groups is 1. The molecule has 1 aromatic heterocycles. The lowest BCUT2D eigenvalue weighted by Gasteiger charge is -1.97. The van der Waals surface area contributed by atoms with E-state index >= 15 is 0 Å². The summed E-state index contributed by atoms with van der Waals surface area (Å²) < 4.78 is 31.8. The number of nitrogens with zero attached hydrogens (tertiary/aromatic N) is 1. The Morgan fingerprint density at radius 2 is 2.06 bits per heavy atom. The molecule has 0 N–H and O–H groups in total. The van der Waals surface area contributed by atoms with Gasteiger partial charge in [-0.1, -0.05) is 11.3 Å². The van der Waals surface area contributed by atoms with E-state index in [1.165, 1.54) is 14.2 Å². The van der Waals surface area contributed by atoms with Crippen LogP contribution in [0.3, 0.4) is 0 Å². The highest BCUT2D eigenvalue weighted by Gasteiger charge is 2.22. The first-order valence-corrected chi connectivity index (χ1v) is 6.88. The normalized spacial score (nSPS) is 11.4. The van der Waals surface area contributed by atoms with E-state index in [9.17, 15) is 13.2 Å². The summed E-state index contributed by atoms with van der Waals surface area (Å²) >= 11 is 0.785. The molecule has 1 aromatic rings. The maximum Gasteiger partial charge on any atom is 0.350 e. The van der Waals surface area contributed by atoms with Crippen molar-refractivity contribution >= 4 is 27.1 Å². The molecule has 0 aliphatic rings. The number of hydrogen-bond donors (Lipinski definition) is 0. The molecule has 0 unspecified atom stereocenters. The lowest BCUT2D eigenvalue weighted by atomic mass is 10.4. The van der Waals surface area contributed by atoms with Gasteiger partial charge in [-0.15, -0.1) is 0 Å². The summed E-state index contributed by atoms with van der Waals surface area (Å²) in [6, 6.07) is 0. The van der Waals surface area contributed by atoms with Crippen LogP contribution in [0.5, 0.6) is 0 Å². The molecular weight excluding hydrogens is 254 g/mol. The topological polar surface area (TPSA) is 82.6 Å². The number of esters is 1. The number of hydrogen-bond acceptors (Lipinski definition) is 7. The van der Waals surface area contributed by atoms with Gasteiger partial charge < -0.3 is 9.47 Å². The van der Waals surface area contributed by atoms with Gasteiger partial charge in [0.2, 0.25) is 14.2 Å². The van der Waals surface area contributed by atoms with Gasteiger partial charge in [-0.05, 0) is 0 Å². The van der Waals surface area contributed by atoms with Crippen molar-refractivity contribution in [1.82, 2.24) is 4.98 Å². The molecule has 1 rings (SSSR count). The van der Waals surface area contributed by atoms with Gasteiger partial charge in [-0.3, -0.25) is 0 Å². The standard InChI is InChI=1S/C8H11NO5S2/c1-13-4-5-6(7(10)14-2)15-8(9-5)16(3,11)12/h4H2,1-3H3. The molecule has 0 atom stereocenters. The summed E-state index contributed by atoms with van der Waals surface area (Å²) in [4.78, 5) is 15.3. The monoisotopic (exact) mass is 265 g/mol. The van der Waals surface area contributed by atoms with Crippen molar-refractivity contribution in [3.05, 3.63) is 10.6 Å². The fraction of sp³-hybridized carbons (Fsp3) is 0.500. The first kappa shape index (κ1) is 13.1. The van der Waals surface area contributed by atoms with E-state index in [0.717, 1.165) is 17.6 Å².